The number of carbonyl (C=O) groups excluding carboxylic acids is 1. The lowest BCUT2D eigenvalue weighted by molar-refractivity contribution is -0.149. The van der Waals surface area contributed by atoms with Crippen LogP contribution >= 0.6 is 0 Å². The zero-order valence-electron chi connectivity index (χ0n) is 16.6. The second-order valence-electron chi connectivity index (χ2n) is 7.64. The van der Waals surface area contributed by atoms with Gasteiger partial charge in [0.15, 0.2) is 0 Å². The number of rotatable bonds is 5. The Bertz CT molecular complexity index is 955. The zero-order valence-corrected chi connectivity index (χ0v) is 16.6. The molecule has 2 aliphatic rings. The van der Waals surface area contributed by atoms with Gasteiger partial charge in [-0.15, -0.1) is 0 Å². The number of carbonyl (C=O) groups is 1. The number of hydrogen-bond donors (Lipinski definition) is 1. The maximum Gasteiger partial charge on any atom is 0.238 e. The van der Waals surface area contributed by atoms with Crippen molar-refractivity contribution in [2.45, 2.75) is 18.0 Å². The molecular weight excluding hydrogens is 385 g/mol. The minimum absolute atomic E-state index is 0.165. The van der Waals surface area contributed by atoms with E-state index in [4.69, 9.17) is 4.74 Å². The van der Waals surface area contributed by atoms with Crippen LogP contribution in [0.4, 0.5) is 4.39 Å². The molecule has 0 radical (unpaired) electrons. The van der Waals surface area contributed by atoms with Gasteiger partial charge < -0.3 is 14.7 Å². The highest BCUT2D eigenvalue weighted by atomic mass is 19.1. The number of aliphatic hydroxyl groups is 1. The summed E-state index contributed by atoms with van der Waals surface area (Å²) in [6.45, 7) is 2.48. The van der Waals surface area contributed by atoms with Crippen LogP contribution in [0, 0.1) is 17.1 Å². The number of benzene rings is 2. The first kappa shape index (κ1) is 20.5. The topological polar surface area (TPSA) is 76.8 Å². The molecule has 1 N–H and O–H groups in total. The minimum atomic E-state index is -0.676. The fraction of sp³-hybridized carbons (Fsp3) is 0.391. The van der Waals surface area contributed by atoms with E-state index in [1.165, 1.54) is 17.0 Å². The number of amides is 1. The Hall–Kier alpha value is -2.79. The standard InChI is InChI=1S/C23H24FN3O3/c24-17-5-3-4-16(12-17)18-6-1-2-7-19(18)23-20(13-25)27(21(23)15-28)22(29)14-26-8-10-30-11-9-26/h1-7,12,20-21,23,28H,8-11,14-15H2/t20-,21+,23-/m1/s1. The van der Waals surface area contributed by atoms with Crippen molar-refractivity contribution in [1.82, 2.24) is 9.80 Å². The van der Waals surface area contributed by atoms with Gasteiger partial charge in [0.25, 0.3) is 0 Å². The van der Waals surface area contributed by atoms with E-state index in [1.54, 1.807) is 6.07 Å². The highest BCUT2D eigenvalue weighted by Crippen LogP contribution is 2.44. The fourth-order valence-electron chi connectivity index (χ4n) is 4.46. The van der Waals surface area contributed by atoms with E-state index >= 15 is 0 Å². The molecule has 0 bridgehead atoms. The third-order valence-corrected chi connectivity index (χ3v) is 5.94. The summed E-state index contributed by atoms with van der Waals surface area (Å²) in [6.07, 6.45) is 0. The van der Waals surface area contributed by atoms with Gasteiger partial charge in [0.2, 0.25) is 5.91 Å². The summed E-state index contributed by atoms with van der Waals surface area (Å²) < 4.78 is 19.1. The Kier molecular flexibility index (Phi) is 6.09. The Morgan fingerprint density at radius 2 is 1.97 bits per heavy atom. The molecule has 0 saturated carbocycles. The molecule has 30 heavy (non-hydrogen) atoms. The van der Waals surface area contributed by atoms with Crippen molar-refractivity contribution < 1.29 is 19.0 Å². The van der Waals surface area contributed by atoms with Crippen LogP contribution in [-0.4, -0.2) is 72.4 Å². The zero-order chi connectivity index (χ0) is 21.1. The number of nitriles is 1. The molecule has 2 aromatic carbocycles. The van der Waals surface area contributed by atoms with Crippen molar-refractivity contribution in [3.8, 4) is 17.2 Å². The van der Waals surface area contributed by atoms with Gasteiger partial charge in [0.05, 0.1) is 38.5 Å². The SMILES string of the molecule is N#C[C@@H]1[C@@H](c2ccccc2-c2cccc(F)c2)[C@H](CO)N1C(=O)CN1CCOCC1. The molecule has 2 heterocycles. The molecule has 2 fully saturated rings. The molecule has 7 heteroatoms. The number of halogens is 1. The van der Waals surface area contributed by atoms with Gasteiger partial charge in [-0.2, -0.15) is 5.26 Å². The second kappa shape index (κ2) is 8.92. The summed E-state index contributed by atoms with van der Waals surface area (Å²) in [6, 6.07) is 14.9. The molecule has 0 aromatic heterocycles. The van der Waals surface area contributed by atoms with Crippen LogP contribution in [0.2, 0.25) is 0 Å². The van der Waals surface area contributed by atoms with E-state index < -0.39 is 12.1 Å². The van der Waals surface area contributed by atoms with E-state index in [1.807, 2.05) is 35.2 Å². The van der Waals surface area contributed by atoms with E-state index in [-0.39, 0.29) is 30.8 Å². The highest BCUT2D eigenvalue weighted by Gasteiger charge is 2.52. The third-order valence-electron chi connectivity index (χ3n) is 5.94. The van der Waals surface area contributed by atoms with Crippen molar-refractivity contribution in [2.24, 2.45) is 0 Å². The first-order valence-corrected chi connectivity index (χ1v) is 10.1. The third kappa shape index (κ3) is 3.82. The average Bonchev–Trinajstić information content (AvgIpc) is 2.75. The Labute approximate surface area is 175 Å². The van der Waals surface area contributed by atoms with Gasteiger partial charge in [-0.05, 0) is 28.8 Å². The summed E-state index contributed by atoms with van der Waals surface area (Å²) in [5.74, 6) is -0.844. The lowest BCUT2D eigenvalue weighted by atomic mass is 9.73. The van der Waals surface area contributed by atoms with Crippen LogP contribution in [0.3, 0.4) is 0 Å². The van der Waals surface area contributed by atoms with Crippen molar-refractivity contribution in [1.29, 1.82) is 5.26 Å². The first-order valence-electron chi connectivity index (χ1n) is 10.1. The normalized spacial score (nSPS) is 24.2. The molecule has 156 valence electrons. The summed E-state index contributed by atoms with van der Waals surface area (Å²) >= 11 is 0. The number of nitrogens with zero attached hydrogens (tertiary/aromatic N) is 3. The maximum atomic E-state index is 13.8. The van der Waals surface area contributed by atoms with E-state index in [0.717, 1.165) is 11.1 Å². The monoisotopic (exact) mass is 409 g/mol. The highest BCUT2D eigenvalue weighted by molar-refractivity contribution is 5.82. The molecule has 6 nitrogen and oxygen atoms in total. The fourth-order valence-corrected chi connectivity index (χ4v) is 4.46. The molecule has 0 unspecified atom stereocenters. The summed E-state index contributed by atoms with van der Waals surface area (Å²) in [4.78, 5) is 16.4. The van der Waals surface area contributed by atoms with Gasteiger partial charge >= 0.3 is 0 Å². The lowest BCUT2D eigenvalue weighted by Crippen LogP contribution is -2.66. The molecule has 2 saturated heterocycles. The van der Waals surface area contributed by atoms with Crippen molar-refractivity contribution >= 4 is 5.91 Å². The number of aliphatic hydroxyl groups excluding tert-OH is 1. The Morgan fingerprint density at radius 1 is 1.20 bits per heavy atom. The number of ether oxygens (including phenoxy) is 1. The molecular formula is C23H24FN3O3. The predicted octanol–water partition coefficient (Wildman–Crippen LogP) is 2.00. The van der Waals surface area contributed by atoms with Gasteiger partial charge in [-0.3, -0.25) is 9.69 Å². The Morgan fingerprint density at radius 3 is 2.67 bits per heavy atom. The van der Waals surface area contributed by atoms with Crippen molar-refractivity contribution in [3.63, 3.8) is 0 Å². The number of likely N-dealkylation sites (tertiary alicyclic amines) is 1. The summed E-state index contributed by atoms with van der Waals surface area (Å²) in [5.41, 5.74) is 2.35. The van der Waals surface area contributed by atoms with Crippen LogP contribution in [0.5, 0.6) is 0 Å². The summed E-state index contributed by atoms with van der Waals surface area (Å²) in [7, 11) is 0. The van der Waals surface area contributed by atoms with Crippen LogP contribution < -0.4 is 0 Å². The molecule has 0 spiro atoms. The first-order chi connectivity index (χ1) is 14.6. The summed E-state index contributed by atoms with van der Waals surface area (Å²) in [5, 5.41) is 19.9. The van der Waals surface area contributed by atoms with E-state index in [0.29, 0.717) is 31.9 Å². The van der Waals surface area contributed by atoms with Crippen LogP contribution in [-0.2, 0) is 9.53 Å². The largest absolute Gasteiger partial charge is 0.394 e. The van der Waals surface area contributed by atoms with E-state index in [2.05, 4.69) is 6.07 Å². The number of hydrogen-bond acceptors (Lipinski definition) is 5. The van der Waals surface area contributed by atoms with E-state index in [9.17, 15) is 19.6 Å². The van der Waals surface area contributed by atoms with Gasteiger partial charge in [0.1, 0.15) is 11.9 Å². The van der Waals surface area contributed by atoms with Gasteiger partial charge in [-0.1, -0.05) is 36.4 Å². The molecule has 2 aliphatic heterocycles. The molecule has 2 aromatic rings. The van der Waals surface area contributed by atoms with Crippen molar-refractivity contribution in [2.75, 3.05) is 39.5 Å². The average molecular weight is 409 g/mol. The smallest absolute Gasteiger partial charge is 0.238 e. The quantitative estimate of drug-likeness (QED) is 0.818. The van der Waals surface area contributed by atoms with Crippen LogP contribution in [0.1, 0.15) is 11.5 Å². The van der Waals surface area contributed by atoms with Crippen LogP contribution in [0.15, 0.2) is 48.5 Å². The molecule has 1 amide bonds. The van der Waals surface area contributed by atoms with Crippen LogP contribution in [0.25, 0.3) is 11.1 Å². The second-order valence-corrected chi connectivity index (χ2v) is 7.64. The maximum absolute atomic E-state index is 13.8. The van der Waals surface area contributed by atoms with Gasteiger partial charge in [0, 0.05) is 19.0 Å². The van der Waals surface area contributed by atoms with Gasteiger partial charge in [-0.25, -0.2) is 4.39 Å². The predicted molar refractivity (Wildman–Crippen MR) is 109 cm³/mol. The molecule has 3 atom stereocenters. The molecule has 4 rings (SSSR count). The lowest BCUT2D eigenvalue weighted by Gasteiger charge is -2.52. The number of morpholine rings is 1. The molecule has 0 aliphatic carbocycles. The van der Waals surface area contributed by atoms with Crippen molar-refractivity contribution in [3.05, 3.63) is 59.9 Å². The Balaban J connectivity index is 1.61. The minimum Gasteiger partial charge on any atom is -0.394 e.